The second-order valence-corrected chi connectivity index (χ2v) is 5.88. The summed E-state index contributed by atoms with van der Waals surface area (Å²) < 4.78 is 3.25. The lowest BCUT2D eigenvalue weighted by atomic mass is 10.2. The first-order valence-corrected chi connectivity index (χ1v) is 7.98. The lowest BCUT2D eigenvalue weighted by Crippen LogP contribution is -2.13. The van der Waals surface area contributed by atoms with Crippen LogP contribution in [0.2, 0.25) is 10.0 Å². The molecule has 124 valence electrons. The Balaban J connectivity index is 1.68. The summed E-state index contributed by atoms with van der Waals surface area (Å²) >= 11 is 12.0. The third-order valence-corrected chi connectivity index (χ3v) is 3.92. The van der Waals surface area contributed by atoms with E-state index in [0.29, 0.717) is 28.7 Å². The van der Waals surface area contributed by atoms with Gasteiger partial charge in [0.15, 0.2) is 0 Å². The number of hydrogen-bond donors (Lipinski definition) is 1. The number of nitrogens with one attached hydrogen (secondary N) is 1. The third kappa shape index (κ3) is 3.74. The molecule has 0 aliphatic carbocycles. The molecule has 0 saturated carbocycles. The van der Waals surface area contributed by atoms with E-state index in [1.165, 1.54) is 12.5 Å². The fourth-order valence-electron chi connectivity index (χ4n) is 2.08. The molecule has 0 bridgehead atoms. The monoisotopic (exact) mass is 364 g/mol. The number of nitrogens with zero attached hydrogens (tertiary/aromatic N) is 5. The molecule has 24 heavy (non-hydrogen) atoms. The Kier molecular flexibility index (Phi) is 4.82. The second-order valence-electron chi connectivity index (χ2n) is 5.04. The predicted molar refractivity (Wildman–Crippen MR) is 91.4 cm³/mol. The van der Waals surface area contributed by atoms with E-state index in [1.807, 2.05) is 13.0 Å². The highest BCUT2D eigenvalue weighted by atomic mass is 35.5. The van der Waals surface area contributed by atoms with Gasteiger partial charge in [-0.05, 0) is 24.6 Å². The molecule has 0 spiro atoms. The zero-order valence-electron chi connectivity index (χ0n) is 12.8. The lowest BCUT2D eigenvalue weighted by molar-refractivity contribution is 0.102. The molecule has 2 heterocycles. The Bertz CT molecular complexity index is 872. The molecule has 0 unspecified atom stereocenters. The molecule has 0 aliphatic rings. The molecule has 7 nitrogen and oxygen atoms in total. The number of anilines is 1. The number of aryl methyl sites for hydroxylation is 1. The van der Waals surface area contributed by atoms with Crippen LogP contribution in [0.4, 0.5) is 5.95 Å². The Morgan fingerprint density at radius 1 is 1.29 bits per heavy atom. The topological polar surface area (TPSA) is 77.6 Å². The first kappa shape index (κ1) is 16.5. The molecule has 2 aromatic heterocycles. The average molecular weight is 365 g/mol. The van der Waals surface area contributed by atoms with Crippen LogP contribution in [0.5, 0.6) is 0 Å². The van der Waals surface area contributed by atoms with Crippen molar-refractivity contribution in [3.63, 3.8) is 0 Å². The van der Waals surface area contributed by atoms with Gasteiger partial charge in [0.05, 0.1) is 18.3 Å². The van der Waals surface area contributed by atoms with Crippen LogP contribution in [0.1, 0.15) is 22.8 Å². The van der Waals surface area contributed by atoms with Gasteiger partial charge >= 0.3 is 0 Å². The predicted octanol–water partition coefficient (Wildman–Crippen LogP) is 3.10. The van der Waals surface area contributed by atoms with Gasteiger partial charge in [-0.3, -0.25) is 14.8 Å². The Hall–Kier alpha value is -2.38. The average Bonchev–Trinajstić information content (AvgIpc) is 3.19. The van der Waals surface area contributed by atoms with Gasteiger partial charge in [-0.2, -0.15) is 5.10 Å². The maximum absolute atomic E-state index is 12.1. The van der Waals surface area contributed by atoms with Crippen LogP contribution in [0, 0.1) is 0 Å². The van der Waals surface area contributed by atoms with Crippen molar-refractivity contribution in [2.24, 2.45) is 0 Å². The maximum Gasteiger partial charge on any atom is 0.261 e. The second kappa shape index (κ2) is 7.02. The molecule has 1 aromatic carbocycles. The zero-order valence-corrected chi connectivity index (χ0v) is 14.3. The van der Waals surface area contributed by atoms with E-state index in [2.05, 4.69) is 20.5 Å². The van der Waals surface area contributed by atoms with Crippen molar-refractivity contribution in [3.05, 3.63) is 58.1 Å². The molecular weight excluding hydrogens is 351 g/mol. The lowest BCUT2D eigenvalue weighted by Gasteiger charge is -2.04. The summed E-state index contributed by atoms with van der Waals surface area (Å²) in [7, 11) is 0. The summed E-state index contributed by atoms with van der Waals surface area (Å²) in [6, 6.07) is 5.25. The Morgan fingerprint density at radius 3 is 2.83 bits per heavy atom. The van der Waals surface area contributed by atoms with Crippen LogP contribution in [0.3, 0.4) is 0 Å². The summed E-state index contributed by atoms with van der Waals surface area (Å²) in [5.74, 6) is -0.0914. The van der Waals surface area contributed by atoms with Gasteiger partial charge in [0, 0.05) is 22.8 Å². The first-order valence-electron chi connectivity index (χ1n) is 7.22. The van der Waals surface area contributed by atoms with E-state index in [1.54, 1.807) is 27.7 Å². The van der Waals surface area contributed by atoms with Gasteiger partial charge in [0.2, 0.25) is 5.95 Å². The number of amides is 1. The van der Waals surface area contributed by atoms with E-state index in [-0.39, 0.29) is 11.9 Å². The van der Waals surface area contributed by atoms with Crippen LogP contribution in [0.25, 0.3) is 0 Å². The molecule has 1 N–H and O–H groups in total. The first-order chi connectivity index (χ1) is 11.5. The summed E-state index contributed by atoms with van der Waals surface area (Å²) in [6.45, 7) is 3.06. The standard InChI is InChI=1S/C15H14Cl2N6O/c1-2-22-8-11(6-19-22)14(24)20-15-18-9-23(21-15)7-10-3-4-12(16)5-13(10)17/h3-6,8-9H,2,7H2,1H3,(H,20,21,24). The number of carbonyl (C=O) groups is 1. The summed E-state index contributed by atoms with van der Waals surface area (Å²) in [4.78, 5) is 16.2. The van der Waals surface area contributed by atoms with Crippen molar-refractivity contribution >= 4 is 35.1 Å². The van der Waals surface area contributed by atoms with Crippen LogP contribution in [0.15, 0.2) is 36.9 Å². The molecule has 0 atom stereocenters. The maximum atomic E-state index is 12.1. The highest BCUT2D eigenvalue weighted by Gasteiger charge is 2.12. The van der Waals surface area contributed by atoms with Gasteiger partial charge in [-0.25, -0.2) is 9.67 Å². The fourth-order valence-corrected chi connectivity index (χ4v) is 2.55. The van der Waals surface area contributed by atoms with Crippen LogP contribution >= 0.6 is 23.2 Å². The summed E-state index contributed by atoms with van der Waals surface area (Å²) in [6.07, 6.45) is 4.69. The van der Waals surface area contributed by atoms with E-state index < -0.39 is 0 Å². The van der Waals surface area contributed by atoms with Gasteiger partial charge in [0.25, 0.3) is 5.91 Å². The van der Waals surface area contributed by atoms with Crippen molar-refractivity contribution in [2.45, 2.75) is 20.0 Å². The third-order valence-electron chi connectivity index (χ3n) is 3.33. The molecule has 0 fully saturated rings. The van der Waals surface area contributed by atoms with Crippen LogP contribution < -0.4 is 5.32 Å². The number of benzene rings is 1. The number of carbonyl (C=O) groups excluding carboxylic acids is 1. The smallest absolute Gasteiger partial charge is 0.261 e. The van der Waals surface area contributed by atoms with Crippen molar-refractivity contribution in [2.75, 3.05) is 5.32 Å². The van der Waals surface area contributed by atoms with Crippen molar-refractivity contribution in [1.82, 2.24) is 24.5 Å². The largest absolute Gasteiger partial charge is 0.289 e. The summed E-state index contributed by atoms with van der Waals surface area (Å²) in [5, 5.41) is 12.0. The molecule has 3 aromatic rings. The van der Waals surface area contributed by atoms with Crippen molar-refractivity contribution in [3.8, 4) is 0 Å². The molecule has 1 amide bonds. The van der Waals surface area contributed by atoms with E-state index in [4.69, 9.17) is 23.2 Å². The van der Waals surface area contributed by atoms with Crippen molar-refractivity contribution in [1.29, 1.82) is 0 Å². The van der Waals surface area contributed by atoms with E-state index in [0.717, 1.165) is 5.56 Å². The minimum atomic E-state index is -0.308. The van der Waals surface area contributed by atoms with Crippen LogP contribution in [-0.4, -0.2) is 30.5 Å². The number of aromatic nitrogens is 5. The molecule has 0 aliphatic heterocycles. The summed E-state index contributed by atoms with van der Waals surface area (Å²) in [5.41, 5.74) is 1.31. The Labute approximate surface area is 148 Å². The zero-order chi connectivity index (χ0) is 17.1. The van der Waals surface area contributed by atoms with Gasteiger partial charge in [-0.15, -0.1) is 5.10 Å². The van der Waals surface area contributed by atoms with Crippen molar-refractivity contribution < 1.29 is 4.79 Å². The van der Waals surface area contributed by atoms with Gasteiger partial charge in [0.1, 0.15) is 6.33 Å². The van der Waals surface area contributed by atoms with Gasteiger partial charge < -0.3 is 0 Å². The van der Waals surface area contributed by atoms with E-state index in [9.17, 15) is 4.79 Å². The normalized spacial score (nSPS) is 10.8. The van der Waals surface area contributed by atoms with Crippen LogP contribution in [-0.2, 0) is 13.1 Å². The minimum Gasteiger partial charge on any atom is -0.289 e. The number of hydrogen-bond acceptors (Lipinski definition) is 4. The number of rotatable bonds is 5. The van der Waals surface area contributed by atoms with E-state index >= 15 is 0 Å². The molecule has 9 heteroatoms. The minimum absolute atomic E-state index is 0.217. The molecule has 0 radical (unpaired) electrons. The highest BCUT2D eigenvalue weighted by molar-refractivity contribution is 6.35. The molecule has 0 saturated heterocycles. The van der Waals surface area contributed by atoms with Gasteiger partial charge in [-0.1, -0.05) is 29.3 Å². The molecular formula is C15H14Cl2N6O. The quantitative estimate of drug-likeness (QED) is 0.754. The molecule has 3 rings (SSSR count). The number of halogens is 2. The Morgan fingerprint density at radius 2 is 2.12 bits per heavy atom. The highest BCUT2D eigenvalue weighted by Crippen LogP contribution is 2.21. The fraction of sp³-hybridized carbons (Fsp3) is 0.200. The SMILES string of the molecule is CCn1cc(C(=O)Nc2ncn(Cc3ccc(Cl)cc3Cl)n2)cn1.